The summed E-state index contributed by atoms with van der Waals surface area (Å²) in [4.78, 5) is 12.5. The number of rotatable bonds is 7. The molecule has 0 aliphatic heterocycles. The van der Waals surface area contributed by atoms with Crippen LogP contribution < -0.4 is 24.8 Å². The summed E-state index contributed by atoms with van der Waals surface area (Å²) in [7, 11) is 4.73. The molecular weight excluding hydrogens is 368 g/mol. The minimum atomic E-state index is -0.230. The number of benzene rings is 3. The standard InChI is InChI=1S/C23H24N2O4/c1-15-5-11-20(27-2)19(13-15)24-17-7-9-18(10-8-17)25-23(26)16-6-12-21(28-3)22(14-16)29-4/h5-14,24H,1-4H3,(H,25,26). The zero-order chi connectivity index (χ0) is 20.8. The molecule has 0 spiro atoms. The Morgan fingerprint density at radius 1 is 0.724 bits per heavy atom. The van der Waals surface area contributed by atoms with E-state index in [-0.39, 0.29) is 5.91 Å². The van der Waals surface area contributed by atoms with Crippen molar-refractivity contribution in [2.24, 2.45) is 0 Å². The van der Waals surface area contributed by atoms with Gasteiger partial charge in [0.15, 0.2) is 11.5 Å². The Bertz CT molecular complexity index is 1000. The molecule has 1 amide bonds. The Morgan fingerprint density at radius 2 is 1.34 bits per heavy atom. The van der Waals surface area contributed by atoms with E-state index in [4.69, 9.17) is 14.2 Å². The van der Waals surface area contributed by atoms with Crippen LogP contribution in [-0.4, -0.2) is 27.2 Å². The molecule has 0 unspecified atom stereocenters. The molecule has 3 rings (SSSR count). The zero-order valence-corrected chi connectivity index (χ0v) is 16.9. The molecule has 0 radical (unpaired) electrons. The highest BCUT2D eigenvalue weighted by molar-refractivity contribution is 6.04. The van der Waals surface area contributed by atoms with Gasteiger partial charge in [0.2, 0.25) is 0 Å². The van der Waals surface area contributed by atoms with Gasteiger partial charge in [-0.2, -0.15) is 0 Å². The normalized spacial score (nSPS) is 10.2. The molecule has 6 nitrogen and oxygen atoms in total. The van der Waals surface area contributed by atoms with Gasteiger partial charge in [-0.25, -0.2) is 0 Å². The van der Waals surface area contributed by atoms with Crippen molar-refractivity contribution in [2.45, 2.75) is 6.92 Å². The molecule has 150 valence electrons. The van der Waals surface area contributed by atoms with Crippen LogP contribution in [0.4, 0.5) is 17.1 Å². The number of carbonyl (C=O) groups excluding carboxylic acids is 1. The van der Waals surface area contributed by atoms with Gasteiger partial charge in [-0.05, 0) is 67.1 Å². The van der Waals surface area contributed by atoms with E-state index in [1.807, 2.05) is 49.4 Å². The third-order valence-electron chi connectivity index (χ3n) is 4.42. The minimum absolute atomic E-state index is 0.230. The van der Waals surface area contributed by atoms with Gasteiger partial charge in [0, 0.05) is 16.9 Å². The summed E-state index contributed by atoms with van der Waals surface area (Å²) in [5, 5.41) is 6.22. The van der Waals surface area contributed by atoms with E-state index in [1.54, 1.807) is 32.4 Å². The second kappa shape index (κ2) is 9.01. The molecule has 3 aromatic rings. The second-order valence-corrected chi connectivity index (χ2v) is 6.43. The van der Waals surface area contributed by atoms with Crippen LogP contribution in [0.25, 0.3) is 0 Å². The van der Waals surface area contributed by atoms with Crippen molar-refractivity contribution in [1.29, 1.82) is 0 Å². The summed E-state index contributed by atoms with van der Waals surface area (Å²) in [6.45, 7) is 2.03. The zero-order valence-electron chi connectivity index (χ0n) is 16.9. The Labute approximate surface area is 170 Å². The molecule has 0 saturated carbocycles. The van der Waals surface area contributed by atoms with Crippen LogP contribution in [0.15, 0.2) is 60.7 Å². The average Bonchev–Trinajstić information content (AvgIpc) is 2.74. The summed E-state index contributed by atoms with van der Waals surface area (Å²) in [6, 6.07) is 18.4. The largest absolute Gasteiger partial charge is 0.495 e. The number of methoxy groups -OCH3 is 3. The lowest BCUT2D eigenvalue weighted by Crippen LogP contribution is -2.12. The molecule has 0 aliphatic rings. The molecule has 0 saturated heterocycles. The van der Waals surface area contributed by atoms with E-state index >= 15 is 0 Å². The van der Waals surface area contributed by atoms with E-state index in [9.17, 15) is 4.79 Å². The van der Waals surface area contributed by atoms with E-state index in [2.05, 4.69) is 10.6 Å². The molecule has 0 aliphatic carbocycles. The molecule has 6 heteroatoms. The van der Waals surface area contributed by atoms with Crippen LogP contribution in [-0.2, 0) is 0 Å². The molecule has 0 heterocycles. The summed E-state index contributed by atoms with van der Waals surface area (Å²) in [6.07, 6.45) is 0. The van der Waals surface area contributed by atoms with E-state index in [1.165, 1.54) is 7.11 Å². The summed E-state index contributed by atoms with van der Waals surface area (Å²) in [5.41, 5.74) is 4.07. The highest BCUT2D eigenvalue weighted by Gasteiger charge is 2.11. The van der Waals surface area contributed by atoms with Crippen LogP contribution in [0.2, 0.25) is 0 Å². The predicted octanol–water partition coefficient (Wildman–Crippen LogP) is 5.02. The number of ether oxygens (including phenoxy) is 3. The lowest BCUT2D eigenvalue weighted by Gasteiger charge is -2.13. The first-order valence-electron chi connectivity index (χ1n) is 9.09. The smallest absolute Gasteiger partial charge is 0.255 e. The number of anilines is 3. The second-order valence-electron chi connectivity index (χ2n) is 6.43. The van der Waals surface area contributed by atoms with Gasteiger partial charge in [-0.3, -0.25) is 4.79 Å². The number of hydrogen-bond donors (Lipinski definition) is 2. The molecule has 0 aromatic heterocycles. The molecule has 0 fully saturated rings. The Balaban J connectivity index is 1.71. The highest BCUT2D eigenvalue weighted by Crippen LogP contribution is 2.30. The first-order valence-corrected chi connectivity index (χ1v) is 9.09. The Kier molecular flexibility index (Phi) is 6.24. The van der Waals surface area contributed by atoms with Crippen molar-refractivity contribution < 1.29 is 19.0 Å². The summed E-state index contributed by atoms with van der Waals surface area (Å²) in [5.74, 6) is 1.62. The Hall–Kier alpha value is -3.67. The van der Waals surface area contributed by atoms with E-state index in [0.717, 1.165) is 22.7 Å². The third kappa shape index (κ3) is 4.79. The number of nitrogens with one attached hydrogen (secondary N) is 2. The molecule has 0 bridgehead atoms. The van der Waals surface area contributed by atoms with Crippen molar-refractivity contribution in [3.63, 3.8) is 0 Å². The topological polar surface area (TPSA) is 68.8 Å². The van der Waals surface area contributed by atoms with Crippen molar-refractivity contribution in [2.75, 3.05) is 32.0 Å². The van der Waals surface area contributed by atoms with Gasteiger partial charge in [-0.1, -0.05) is 6.07 Å². The van der Waals surface area contributed by atoms with Gasteiger partial charge in [-0.15, -0.1) is 0 Å². The molecular formula is C23H24N2O4. The fraction of sp³-hybridized carbons (Fsp3) is 0.174. The van der Waals surface area contributed by atoms with Crippen LogP contribution >= 0.6 is 0 Å². The molecule has 3 aromatic carbocycles. The van der Waals surface area contributed by atoms with Crippen molar-refractivity contribution in [3.8, 4) is 17.2 Å². The van der Waals surface area contributed by atoms with Gasteiger partial charge >= 0.3 is 0 Å². The van der Waals surface area contributed by atoms with Crippen LogP contribution in [0, 0.1) is 6.92 Å². The van der Waals surface area contributed by atoms with Crippen LogP contribution in [0.5, 0.6) is 17.2 Å². The van der Waals surface area contributed by atoms with Crippen LogP contribution in [0.1, 0.15) is 15.9 Å². The molecule has 29 heavy (non-hydrogen) atoms. The minimum Gasteiger partial charge on any atom is -0.495 e. The van der Waals surface area contributed by atoms with Gasteiger partial charge in [0.05, 0.1) is 27.0 Å². The fourth-order valence-corrected chi connectivity index (χ4v) is 2.89. The predicted molar refractivity (Wildman–Crippen MR) is 115 cm³/mol. The first-order chi connectivity index (χ1) is 14.0. The molecule has 0 atom stereocenters. The van der Waals surface area contributed by atoms with Crippen molar-refractivity contribution in [1.82, 2.24) is 0 Å². The molecule has 2 N–H and O–H groups in total. The van der Waals surface area contributed by atoms with E-state index in [0.29, 0.717) is 22.7 Å². The number of aryl methyl sites for hydroxylation is 1. The SMILES string of the molecule is COc1ccc(C)cc1Nc1ccc(NC(=O)c2ccc(OC)c(OC)c2)cc1. The van der Waals surface area contributed by atoms with Crippen molar-refractivity contribution in [3.05, 3.63) is 71.8 Å². The number of amides is 1. The van der Waals surface area contributed by atoms with E-state index < -0.39 is 0 Å². The van der Waals surface area contributed by atoms with Gasteiger partial charge in [0.1, 0.15) is 5.75 Å². The maximum atomic E-state index is 12.5. The summed E-state index contributed by atoms with van der Waals surface area (Å²) < 4.78 is 15.9. The summed E-state index contributed by atoms with van der Waals surface area (Å²) >= 11 is 0. The number of carbonyl (C=O) groups is 1. The lowest BCUT2D eigenvalue weighted by molar-refractivity contribution is 0.102. The lowest BCUT2D eigenvalue weighted by atomic mass is 10.1. The monoisotopic (exact) mass is 392 g/mol. The third-order valence-corrected chi connectivity index (χ3v) is 4.42. The van der Waals surface area contributed by atoms with Crippen molar-refractivity contribution >= 4 is 23.0 Å². The first kappa shape index (κ1) is 20.1. The quantitative estimate of drug-likeness (QED) is 0.591. The van der Waals surface area contributed by atoms with Crippen LogP contribution in [0.3, 0.4) is 0 Å². The fourth-order valence-electron chi connectivity index (χ4n) is 2.89. The highest BCUT2D eigenvalue weighted by atomic mass is 16.5. The maximum absolute atomic E-state index is 12.5. The van der Waals surface area contributed by atoms with Gasteiger partial charge < -0.3 is 24.8 Å². The Morgan fingerprint density at radius 3 is 2.00 bits per heavy atom. The number of hydrogen-bond acceptors (Lipinski definition) is 5. The maximum Gasteiger partial charge on any atom is 0.255 e. The average molecular weight is 392 g/mol. The van der Waals surface area contributed by atoms with Gasteiger partial charge in [0.25, 0.3) is 5.91 Å².